The van der Waals surface area contributed by atoms with Crippen molar-refractivity contribution in [2.75, 3.05) is 17.6 Å². The van der Waals surface area contributed by atoms with Gasteiger partial charge in [0.25, 0.3) is 11.8 Å². The molecule has 0 aromatic heterocycles. The molecule has 2 aromatic carbocycles. The maximum Gasteiger partial charge on any atom is 0.255 e. The highest BCUT2D eigenvalue weighted by Crippen LogP contribution is 2.18. The Hall–Kier alpha value is -2.53. The summed E-state index contributed by atoms with van der Waals surface area (Å²) in [4.78, 5) is 24.3. The van der Waals surface area contributed by atoms with Crippen LogP contribution in [-0.4, -0.2) is 18.4 Å². The van der Waals surface area contributed by atoms with Crippen LogP contribution < -0.4 is 16.4 Å². The Morgan fingerprint density at radius 2 is 1.44 bits per heavy atom. The van der Waals surface area contributed by atoms with Crippen molar-refractivity contribution in [2.24, 2.45) is 5.41 Å². The summed E-state index contributed by atoms with van der Waals surface area (Å²) in [6.07, 6.45) is 0. The van der Waals surface area contributed by atoms with Gasteiger partial charge in [0.15, 0.2) is 0 Å². The molecular formula is C19H24ClN3O2. The summed E-state index contributed by atoms with van der Waals surface area (Å²) in [5.41, 5.74) is 7.89. The van der Waals surface area contributed by atoms with Crippen LogP contribution in [0.4, 0.5) is 11.4 Å². The second kappa shape index (κ2) is 8.53. The van der Waals surface area contributed by atoms with Crippen LogP contribution in [-0.2, 0) is 0 Å². The maximum absolute atomic E-state index is 12.2. The van der Waals surface area contributed by atoms with E-state index in [9.17, 15) is 9.59 Å². The summed E-state index contributed by atoms with van der Waals surface area (Å²) in [7, 11) is 0. The van der Waals surface area contributed by atoms with Crippen molar-refractivity contribution < 1.29 is 9.59 Å². The first kappa shape index (κ1) is 20.5. The summed E-state index contributed by atoms with van der Waals surface area (Å²) in [5.74, 6) is -0.418. The second-order valence-electron chi connectivity index (χ2n) is 6.86. The number of nitrogen functional groups attached to an aromatic ring is 1. The van der Waals surface area contributed by atoms with Crippen LogP contribution >= 0.6 is 12.4 Å². The average Bonchev–Trinajstić information content (AvgIpc) is 2.54. The number of hydrogen-bond donors (Lipinski definition) is 3. The number of nitrogens with two attached hydrogens (primary N) is 1. The van der Waals surface area contributed by atoms with Gasteiger partial charge >= 0.3 is 0 Å². The van der Waals surface area contributed by atoms with E-state index in [1.165, 1.54) is 0 Å². The minimum Gasteiger partial charge on any atom is -0.397 e. The Morgan fingerprint density at radius 1 is 0.920 bits per heavy atom. The number of benzene rings is 2. The van der Waals surface area contributed by atoms with Crippen molar-refractivity contribution >= 4 is 35.6 Å². The first-order chi connectivity index (χ1) is 11.3. The van der Waals surface area contributed by atoms with Crippen LogP contribution in [0.3, 0.4) is 0 Å². The molecule has 2 amide bonds. The molecule has 2 rings (SSSR count). The van der Waals surface area contributed by atoms with E-state index in [2.05, 4.69) is 31.4 Å². The number of para-hydroxylation sites is 2. The van der Waals surface area contributed by atoms with Gasteiger partial charge in [0.2, 0.25) is 0 Å². The normalized spacial score (nSPS) is 10.5. The number of halogens is 1. The SMILES string of the molecule is CC(C)(C)CNC(=O)c1ccc(C(=O)Nc2ccccc2N)cc1.Cl. The van der Waals surface area contributed by atoms with E-state index in [1.807, 2.05) is 0 Å². The van der Waals surface area contributed by atoms with E-state index in [4.69, 9.17) is 5.73 Å². The van der Waals surface area contributed by atoms with Gasteiger partial charge in [-0.15, -0.1) is 12.4 Å². The van der Waals surface area contributed by atoms with E-state index >= 15 is 0 Å². The molecule has 0 spiro atoms. The number of carbonyl (C=O) groups is 2. The highest BCUT2D eigenvalue weighted by Gasteiger charge is 2.14. The predicted octanol–water partition coefficient (Wildman–Crippen LogP) is 3.72. The molecule has 0 aliphatic heterocycles. The lowest BCUT2D eigenvalue weighted by Gasteiger charge is -2.18. The molecule has 0 aliphatic carbocycles. The Balaban J connectivity index is 0.00000312. The molecule has 134 valence electrons. The number of carbonyl (C=O) groups excluding carboxylic acids is 2. The largest absolute Gasteiger partial charge is 0.397 e. The van der Waals surface area contributed by atoms with E-state index in [0.29, 0.717) is 29.0 Å². The van der Waals surface area contributed by atoms with Gasteiger partial charge in [-0.05, 0) is 41.8 Å². The van der Waals surface area contributed by atoms with Gasteiger partial charge < -0.3 is 16.4 Å². The smallest absolute Gasteiger partial charge is 0.255 e. The van der Waals surface area contributed by atoms with E-state index in [-0.39, 0.29) is 29.6 Å². The number of nitrogens with one attached hydrogen (secondary N) is 2. The lowest BCUT2D eigenvalue weighted by Crippen LogP contribution is -2.32. The van der Waals surface area contributed by atoms with Crippen molar-refractivity contribution in [3.63, 3.8) is 0 Å². The zero-order valence-corrected chi connectivity index (χ0v) is 15.4. The van der Waals surface area contributed by atoms with Crippen LogP contribution in [0.15, 0.2) is 48.5 Å². The number of amides is 2. The van der Waals surface area contributed by atoms with Crippen LogP contribution in [0.25, 0.3) is 0 Å². The summed E-state index contributed by atoms with van der Waals surface area (Å²) < 4.78 is 0. The molecule has 25 heavy (non-hydrogen) atoms. The fraction of sp³-hybridized carbons (Fsp3) is 0.263. The van der Waals surface area contributed by atoms with Crippen LogP contribution in [0.5, 0.6) is 0 Å². The van der Waals surface area contributed by atoms with Gasteiger partial charge in [-0.3, -0.25) is 9.59 Å². The van der Waals surface area contributed by atoms with Crippen molar-refractivity contribution in [2.45, 2.75) is 20.8 Å². The first-order valence-corrected chi connectivity index (χ1v) is 7.80. The summed E-state index contributed by atoms with van der Waals surface area (Å²) in [6.45, 7) is 6.74. The molecule has 0 bridgehead atoms. The lowest BCUT2D eigenvalue weighted by molar-refractivity contribution is 0.0938. The van der Waals surface area contributed by atoms with Crippen molar-refractivity contribution in [1.82, 2.24) is 5.32 Å². The van der Waals surface area contributed by atoms with Crippen molar-refractivity contribution in [3.05, 3.63) is 59.7 Å². The molecule has 0 atom stereocenters. The Labute approximate surface area is 154 Å². The highest BCUT2D eigenvalue weighted by atomic mass is 35.5. The van der Waals surface area contributed by atoms with Crippen LogP contribution in [0.1, 0.15) is 41.5 Å². The molecule has 6 heteroatoms. The molecule has 4 N–H and O–H groups in total. The van der Waals surface area contributed by atoms with E-state index in [0.717, 1.165) is 0 Å². The third-order valence-corrected chi connectivity index (χ3v) is 3.40. The summed E-state index contributed by atoms with van der Waals surface area (Å²) >= 11 is 0. The molecule has 2 aromatic rings. The van der Waals surface area contributed by atoms with Crippen LogP contribution in [0.2, 0.25) is 0 Å². The zero-order valence-electron chi connectivity index (χ0n) is 14.6. The van der Waals surface area contributed by atoms with Gasteiger partial charge in [0.05, 0.1) is 11.4 Å². The predicted molar refractivity (Wildman–Crippen MR) is 104 cm³/mol. The quantitative estimate of drug-likeness (QED) is 0.725. The van der Waals surface area contributed by atoms with Crippen LogP contribution in [0, 0.1) is 5.41 Å². The summed E-state index contributed by atoms with van der Waals surface area (Å²) in [6, 6.07) is 13.6. The molecule has 0 unspecified atom stereocenters. The third kappa shape index (κ3) is 6.12. The van der Waals surface area contributed by atoms with Crippen molar-refractivity contribution in [3.8, 4) is 0 Å². The molecule has 0 saturated heterocycles. The molecule has 0 radical (unpaired) electrons. The molecule has 0 aliphatic rings. The fourth-order valence-corrected chi connectivity index (χ4v) is 2.03. The zero-order chi connectivity index (χ0) is 17.7. The standard InChI is InChI=1S/C19H23N3O2.ClH/c1-19(2,3)12-21-17(23)13-8-10-14(11-9-13)18(24)22-16-7-5-4-6-15(16)20;/h4-11H,12,20H2,1-3H3,(H,21,23)(H,22,24);1H. The monoisotopic (exact) mass is 361 g/mol. The molecule has 5 nitrogen and oxygen atoms in total. The maximum atomic E-state index is 12.2. The van der Waals surface area contributed by atoms with Gasteiger partial charge in [-0.1, -0.05) is 32.9 Å². The lowest BCUT2D eigenvalue weighted by atomic mass is 9.97. The molecule has 0 fully saturated rings. The third-order valence-electron chi connectivity index (χ3n) is 3.40. The van der Waals surface area contributed by atoms with E-state index < -0.39 is 0 Å². The van der Waals surface area contributed by atoms with E-state index in [1.54, 1.807) is 48.5 Å². The molecule has 0 saturated carbocycles. The Bertz CT molecular complexity index is 737. The molecular weight excluding hydrogens is 338 g/mol. The topological polar surface area (TPSA) is 84.2 Å². The summed E-state index contributed by atoms with van der Waals surface area (Å²) in [5, 5.41) is 5.63. The van der Waals surface area contributed by atoms with Gasteiger partial charge in [-0.2, -0.15) is 0 Å². The number of rotatable bonds is 4. The van der Waals surface area contributed by atoms with Gasteiger partial charge in [-0.25, -0.2) is 0 Å². The minimum atomic E-state index is -0.269. The fourth-order valence-electron chi connectivity index (χ4n) is 2.03. The molecule has 0 heterocycles. The van der Waals surface area contributed by atoms with Gasteiger partial charge in [0, 0.05) is 17.7 Å². The Morgan fingerprint density at radius 3 is 1.96 bits per heavy atom. The second-order valence-corrected chi connectivity index (χ2v) is 6.86. The van der Waals surface area contributed by atoms with Crippen molar-refractivity contribution in [1.29, 1.82) is 0 Å². The van der Waals surface area contributed by atoms with Gasteiger partial charge in [0.1, 0.15) is 0 Å². The Kier molecular flexibility index (Phi) is 7.00. The number of anilines is 2. The first-order valence-electron chi connectivity index (χ1n) is 7.80. The highest BCUT2D eigenvalue weighted by molar-refractivity contribution is 6.06. The minimum absolute atomic E-state index is 0. The number of hydrogen-bond acceptors (Lipinski definition) is 3. The average molecular weight is 362 g/mol.